The van der Waals surface area contributed by atoms with Crippen molar-refractivity contribution >= 4 is 5.91 Å². The Morgan fingerprint density at radius 2 is 1.79 bits per heavy atom. The molecule has 0 bridgehead atoms. The molecule has 4 nitrogen and oxygen atoms in total. The van der Waals surface area contributed by atoms with Crippen LogP contribution in [0.3, 0.4) is 0 Å². The Hall–Kier alpha value is -2.33. The maximum atomic E-state index is 12.5. The fourth-order valence-electron chi connectivity index (χ4n) is 2.25. The van der Waals surface area contributed by atoms with Crippen LogP contribution < -0.4 is 10.1 Å². The van der Waals surface area contributed by atoms with Gasteiger partial charge in [-0.3, -0.25) is 4.79 Å². The van der Waals surface area contributed by atoms with E-state index in [1.54, 1.807) is 13.2 Å². The maximum Gasteiger partial charge on any atom is 0.251 e. The van der Waals surface area contributed by atoms with Gasteiger partial charge in [-0.25, -0.2) is 0 Å². The van der Waals surface area contributed by atoms with E-state index in [-0.39, 0.29) is 11.4 Å². The van der Waals surface area contributed by atoms with Crippen LogP contribution >= 0.6 is 0 Å². The number of carbonyl (C=O) groups is 1. The first-order valence-electron chi connectivity index (χ1n) is 8.04. The van der Waals surface area contributed by atoms with Crippen LogP contribution in [0.4, 0.5) is 0 Å². The van der Waals surface area contributed by atoms with Crippen LogP contribution in [0.5, 0.6) is 5.75 Å². The minimum Gasteiger partial charge on any atom is -0.496 e. The molecule has 4 heteroatoms. The molecule has 2 rings (SSSR count). The highest BCUT2D eigenvalue weighted by atomic mass is 16.5. The predicted octanol–water partition coefficient (Wildman–Crippen LogP) is 3.43. The molecule has 0 aliphatic rings. The van der Waals surface area contributed by atoms with Gasteiger partial charge in [0, 0.05) is 23.2 Å². The van der Waals surface area contributed by atoms with Crippen molar-refractivity contribution in [3.63, 3.8) is 0 Å². The highest BCUT2D eigenvalue weighted by Gasteiger charge is 2.21. The molecule has 0 aliphatic carbocycles. The summed E-state index contributed by atoms with van der Waals surface area (Å²) in [7, 11) is 5.65. The zero-order valence-electron chi connectivity index (χ0n) is 15.1. The molecule has 0 spiro atoms. The second kappa shape index (κ2) is 7.49. The van der Waals surface area contributed by atoms with Crippen LogP contribution in [-0.4, -0.2) is 44.1 Å². The van der Waals surface area contributed by atoms with Gasteiger partial charge in [0.05, 0.1) is 7.11 Å². The second-order valence-corrected chi connectivity index (χ2v) is 6.67. The molecule has 0 atom stereocenters. The number of benzene rings is 2. The first-order valence-corrected chi connectivity index (χ1v) is 8.04. The number of likely N-dealkylation sites (N-methyl/N-ethyl adjacent to an activating group) is 1. The number of nitrogens with zero attached hydrogens (tertiary/aromatic N) is 1. The Balaban J connectivity index is 2.24. The molecule has 0 saturated heterocycles. The Labute approximate surface area is 144 Å². The molecule has 0 unspecified atom stereocenters. The lowest BCUT2D eigenvalue weighted by molar-refractivity contribution is 0.0919. The molecule has 2 aromatic carbocycles. The molecule has 0 saturated carbocycles. The van der Waals surface area contributed by atoms with E-state index in [9.17, 15) is 4.79 Å². The van der Waals surface area contributed by atoms with Crippen molar-refractivity contribution in [2.24, 2.45) is 0 Å². The molecule has 24 heavy (non-hydrogen) atoms. The van der Waals surface area contributed by atoms with E-state index >= 15 is 0 Å². The molecule has 0 heterocycles. The third-order valence-electron chi connectivity index (χ3n) is 4.44. The van der Waals surface area contributed by atoms with Crippen molar-refractivity contribution in [3.8, 4) is 16.9 Å². The number of hydrogen-bond acceptors (Lipinski definition) is 3. The van der Waals surface area contributed by atoms with Gasteiger partial charge in [-0.1, -0.05) is 30.3 Å². The van der Waals surface area contributed by atoms with Crippen LogP contribution in [0.25, 0.3) is 11.1 Å². The summed E-state index contributed by atoms with van der Waals surface area (Å²) >= 11 is 0. The summed E-state index contributed by atoms with van der Waals surface area (Å²) in [4.78, 5) is 14.6. The molecule has 128 valence electrons. The van der Waals surface area contributed by atoms with E-state index in [0.29, 0.717) is 12.1 Å². The van der Waals surface area contributed by atoms with Gasteiger partial charge in [0.2, 0.25) is 0 Å². The number of amides is 1. The van der Waals surface area contributed by atoms with Crippen LogP contribution in [0.2, 0.25) is 0 Å². The minimum absolute atomic E-state index is 0.0789. The lowest BCUT2D eigenvalue weighted by Crippen LogP contribution is -2.48. The third-order valence-corrected chi connectivity index (χ3v) is 4.44. The van der Waals surface area contributed by atoms with E-state index in [1.807, 2.05) is 56.6 Å². The van der Waals surface area contributed by atoms with Gasteiger partial charge in [-0.15, -0.1) is 0 Å². The first kappa shape index (κ1) is 18.0. The van der Waals surface area contributed by atoms with Gasteiger partial charge in [-0.2, -0.15) is 0 Å². The number of hydrogen-bond donors (Lipinski definition) is 1. The standard InChI is InChI=1S/C20H26N2O2/c1-20(2,22(3)4)14-21-19(23)16-11-12-18(24-5)17(13-16)15-9-7-6-8-10-15/h6-13H,14H2,1-5H3,(H,21,23). The van der Waals surface area contributed by atoms with Gasteiger partial charge in [-0.05, 0) is 51.7 Å². The van der Waals surface area contributed by atoms with Crippen LogP contribution in [-0.2, 0) is 0 Å². The topological polar surface area (TPSA) is 41.6 Å². The highest BCUT2D eigenvalue weighted by Crippen LogP contribution is 2.30. The smallest absolute Gasteiger partial charge is 0.251 e. The van der Waals surface area contributed by atoms with Crippen molar-refractivity contribution in [1.29, 1.82) is 0 Å². The number of rotatable bonds is 6. The van der Waals surface area contributed by atoms with Crippen molar-refractivity contribution in [3.05, 3.63) is 54.1 Å². The molecule has 0 fully saturated rings. The normalized spacial score (nSPS) is 11.4. The maximum absolute atomic E-state index is 12.5. The molecular formula is C20H26N2O2. The molecular weight excluding hydrogens is 300 g/mol. The second-order valence-electron chi connectivity index (χ2n) is 6.67. The van der Waals surface area contributed by atoms with Crippen LogP contribution in [0.1, 0.15) is 24.2 Å². The highest BCUT2D eigenvalue weighted by molar-refractivity contribution is 5.96. The fourth-order valence-corrected chi connectivity index (χ4v) is 2.25. The van der Waals surface area contributed by atoms with Gasteiger partial charge >= 0.3 is 0 Å². The summed E-state index contributed by atoms with van der Waals surface area (Å²) in [6.07, 6.45) is 0. The Bertz CT molecular complexity index is 694. The average Bonchev–Trinajstić information content (AvgIpc) is 2.59. The summed E-state index contributed by atoms with van der Waals surface area (Å²) in [6.45, 7) is 4.76. The third kappa shape index (κ3) is 4.15. The molecule has 1 amide bonds. The van der Waals surface area contributed by atoms with Crippen LogP contribution in [0.15, 0.2) is 48.5 Å². The summed E-state index contributed by atoms with van der Waals surface area (Å²) in [5, 5.41) is 3.02. The average molecular weight is 326 g/mol. The fraction of sp³-hybridized carbons (Fsp3) is 0.350. The van der Waals surface area contributed by atoms with E-state index in [0.717, 1.165) is 16.9 Å². The van der Waals surface area contributed by atoms with Gasteiger partial charge in [0.25, 0.3) is 5.91 Å². The monoisotopic (exact) mass is 326 g/mol. The number of carbonyl (C=O) groups excluding carboxylic acids is 1. The molecule has 0 aromatic heterocycles. The largest absolute Gasteiger partial charge is 0.496 e. The van der Waals surface area contributed by atoms with Crippen molar-refractivity contribution < 1.29 is 9.53 Å². The van der Waals surface area contributed by atoms with E-state index in [4.69, 9.17) is 4.74 Å². The minimum atomic E-state index is -0.107. The van der Waals surface area contributed by atoms with Gasteiger partial charge in [0.15, 0.2) is 0 Å². The Morgan fingerprint density at radius 3 is 2.38 bits per heavy atom. The van der Waals surface area contributed by atoms with Gasteiger partial charge < -0.3 is 15.0 Å². The summed E-state index contributed by atoms with van der Waals surface area (Å²) in [6, 6.07) is 15.4. The lowest BCUT2D eigenvalue weighted by Gasteiger charge is -2.32. The van der Waals surface area contributed by atoms with Crippen LogP contribution in [0, 0.1) is 0 Å². The van der Waals surface area contributed by atoms with E-state index < -0.39 is 0 Å². The predicted molar refractivity (Wildman–Crippen MR) is 98.5 cm³/mol. The summed E-state index contributed by atoms with van der Waals surface area (Å²) < 4.78 is 5.44. The quantitative estimate of drug-likeness (QED) is 0.884. The van der Waals surface area contributed by atoms with Crippen molar-refractivity contribution in [2.75, 3.05) is 27.7 Å². The van der Waals surface area contributed by atoms with Crippen molar-refractivity contribution in [2.45, 2.75) is 19.4 Å². The Morgan fingerprint density at radius 1 is 1.12 bits per heavy atom. The van der Waals surface area contributed by atoms with E-state index in [2.05, 4.69) is 24.1 Å². The zero-order valence-corrected chi connectivity index (χ0v) is 15.1. The van der Waals surface area contributed by atoms with Gasteiger partial charge in [0.1, 0.15) is 5.75 Å². The summed E-state index contributed by atoms with van der Waals surface area (Å²) in [5.74, 6) is 0.677. The molecule has 0 aliphatic heterocycles. The van der Waals surface area contributed by atoms with Crippen molar-refractivity contribution in [1.82, 2.24) is 10.2 Å². The number of nitrogens with one attached hydrogen (secondary N) is 1. The lowest BCUT2D eigenvalue weighted by atomic mass is 10.0. The molecule has 0 radical (unpaired) electrons. The molecule has 1 N–H and O–H groups in total. The molecule has 2 aromatic rings. The zero-order chi connectivity index (χ0) is 17.7. The summed E-state index contributed by atoms with van der Waals surface area (Å²) in [5.41, 5.74) is 2.46. The number of ether oxygens (including phenoxy) is 1. The van der Waals surface area contributed by atoms with E-state index in [1.165, 1.54) is 0 Å². The SMILES string of the molecule is COc1ccc(C(=O)NCC(C)(C)N(C)C)cc1-c1ccccc1. The Kier molecular flexibility index (Phi) is 5.62. The first-order chi connectivity index (χ1) is 11.3. The number of methoxy groups -OCH3 is 1.